The number of nitrogens with one attached hydrogen (secondary N) is 2. The fourth-order valence-corrected chi connectivity index (χ4v) is 2.45. The van der Waals surface area contributed by atoms with Crippen molar-refractivity contribution < 1.29 is 9.59 Å². The fraction of sp³-hybridized carbons (Fsp3) is 0.389. The zero-order chi connectivity index (χ0) is 18.4. The topological polar surface area (TPSA) is 79.3 Å². The highest BCUT2D eigenvalue weighted by Crippen LogP contribution is 2.23. The number of hydrogen-bond acceptors (Lipinski definition) is 4. The molecule has 0 aliphatic heterocycles. The number of aromatic nitrogens is 2. The van der Waals surface area contributed by atoms with E-state index < -0.39 is 0 Å². The van der Waals surface area contributed by atoms with Crippen molar-refractivity contribution in [2.45, 2.75) is 19.8 Å². The maximum absolute atomic E-state index is 12.3. The van der Waals surface area contributed by atoms with E-state index in [2.05, 4.69) is 15.7 Å². The van der Waals surface area contributed by atoms with E-state index in [4.69, 9.17) is 0 Å². The largest absolute Gasteiger partial charge is 0.324 e. The minimum atomic E-state index is -0.126. The first-order valence-corrected chi connectivity index (χ1v) is 8.17. The van der Waals surface area contributed by atoms with Gasteiger partial charge >= 0.3 is 0 Å². The van der Waals surface area contributed by atoms with Crippen molar-refractivity contribution in [3.05, 3.63) is 41.7 Å². The molecule has 1 aromatic heterocycles. The second-order valence-electron chi connectivity index (χ2n) is 6.33. The lowest BCUT2D eigenvalue weighted by Crippen LogP contribution is -2.27. The molecule has 0 unspecified atom stereocenters. The summed E-state index contributed by atoms with van der Waals surface area (Å²) in [5.41, 5.74) is 3.22. The highest BCUT2D eigenvalue weighted by Gasteiger charge is 2.11. The summed E-state index contributed by atoms with van der Waals surface area (Å²) in [6.45, 7) is 2.22. The van der Waals surface area contributed by atoms with Crippen LogP contribution < -0.4 is 10.6 Å². The van der Waals surface area contributed by atoms with Gasteiger partial charge in [-0.25, -0.2) is 0 Å². The maximum atomic E-state index is 12.3. The smallest absolute Gasteiger partial charge is 0.238 e. The van der Waals surface area contributed by atoms with Crippen LogP contribution in [0.3, 0.4) is 0 Å². The van der Waals surface area contributed by atoms with Crippen LogP contribution in [-0.4, -0.2) is 47.1 Å². The van der Waals surface area contributed by atoms with Crippen LogP contribution in [0.2, 0.25) is 0 Å². The third kappa shape index (κ3) is 5.72. The van der Waals surface area contributed by atoms with Crippen molar-refractivity contribution in [3.63, 3.8) is 0 Å². The molecule has 2 aromatic rings. The van der Waals surface area contributed by atoms with Crippen molar-refractivity contribution in [2.75, 3.05) is 31.3 Å². The predicted octanol–water partition coefficient (Wildman–Crippen LogP) is 1.80. The Morgan fingerprint density at radius 2 is 1.84 bits per heavy atom. The van der Waals surface area contributed by atoms with Crippen LogP contribution >= 0.6 is 0 Å². The highest BCUT2D eigenvalue weighted by molar-refractivity contribution is 6.00. The molecule has 0 aliphatic carbocycles. The first-order chi connectivity index (χ1) is 11.8. The Morgan fingerprint density at radius 1 is 1.12 bits per heavy atom. The van der Waals surface area contributed by atoms with Crippen LogP contribution in [-0.2, 0) is 23.1 Å². The van der Waals surface area contributed by atoms with Crippen molar-refractivity contribution in [2.24, 2.45) is 7.05 Å². The predicted molar refractivity (Wildman–Crippen MR) is 98.5 cm³/mol. The second-order valence-corrected chi connectivity index (χ2v) is 6.33. The minimum absolute atomic E-state index is 0.102. The maximum Gasteiger partial charge on any atom is 0.238 e. The van der Waals surface area contributed by atoms with E-state index in [0.717, 1.165) is 11.3 Å². The van der Waals surface area contributed by atoms with Gasteiger partial charge in [-0.2, -0.15) is 5.10 Å². The molecule has 2 rings (SSSR count). The summed E-state index contributed by atoms with van der Waals surface area (Å²) < 4.78 is 1.76. The standard InChI is InChI=1S/C18H25N5O2/c1-13-5-7-15(20-18(25)12-22(2)3)16(11-13)21-17(24)8-6-14-9-10-19-23(14)4/h5,7,9-11H,6,8,12H2,1-4H3,(H,20,25)(H,21,24). The molecule has 1 aromatic carbocycles. The number of hydrogen-bond donors (Lipinski definition) is 2. The van der Waals surface area contributed by atoms with Gasteiger partial charge in [0.2, 0.25) is 11.8 Å². The lowest BCUT2D eigenvalue weighted by Gasteiger charge is -2.15. The number of benzene rings is 1. The van der Waals surface area contributed by atoms with Gasteiger partial charge in [0.25, 0.3) is 0 Å². The molecule has 0 bridgehead atoms. The van der Waals surface area contributed by atoms with Gasteiger partial charge in [-0.3, -0.25) is 14.3 Å². The minimum Gasteiger partial charge on any atom is -0.324 e. The molecule has 25 heavy (non-hydrogen) atoms. The average Bonchev–Trinajstić information content (AvgIpc) is 2.92. The van der Waals surface area contributed by atoms with Crippen LogP contribution in [0.4, 0.5) is 11.4 Å². The van der Waals surface area contributed by atoms with E-state index in [9.17, 15) is 9.59 Å². The Kier molecular flexibility index (Phi) is 6.30. The SMILES string of the molecule is Cc1ccc(NC(=O)CN(C)C)c(NC(=O)CCc2ccnn2C)c1. The highest BCUT2D eigenvalue weighted by atomic mass is 16.2. The molecule has 0 atom stereocenters. The quantitative estimate of drug-likeness (QED) is 0.803. The van der Waals surface area contributed by atoms with Crippen LogP contribution in [0, 0.1) is 6.92 Å². The van der Waals surface area contributed by atoms with E-state index in [1.54, 1.807) is 21.8 Å². The molecule has 2 amide bonds. The molecule has 134 valence electrons. The van der Waals surface area contributed by atoms with Gasteiger partial charge in [-0.05, 0) is 51.2 Å². The number of carbonyl (C=O) groups excluding carboxylic acids is 2. The van der Waals surface area contributed by atoms with Gasteiger partial charge in [0, 0.05) is 25.4 Å². The summed E-state index contributed by atoms with van der Waals surface area (Å²) in [5, 5.41) is 9.83. The van der Waals surface area contributed by atoms with Crippen molar-refractivity contribution >= 4 is 23.2 Å². The molecule has 0 aliphatic rings. The van der Waals surface area contributed by atoms with Gasteiger partial charge in [-0.15, -0.1) is 0 Å². The van der Waals surface area contributed by atoms with Crippen LogP contribution in [0.25, 0.3) is 0 Å². The van der Waals surface area contributed by atoms with Gasteiger partial charge < -0.3 is 15.5 Å². The second kappa shape index (κ2) is 8.43. The lowest BCUT2D eigenvalue weighted by molar-refractivity contribution is -0.117. The van der Waals surface area contributed by atoms with Crippen LogP contribution in [0.5, 0.6) is 0 Å². The average molecular weight is 343 g/mol. The third-order valence-corrected chi connectivity index (χ3v) is 3.71. The number of rotatable bonds is 7. The zero-order valence-corrected chi connectivity index (χ0v) is 15.2. The Labute approximate surface area is 148 Å². The van der Waals surface area contributed by atoms with Crippen molar-refractivity contribution in [1.82, 2.24) is 14.7 Å². The number of amides is 2. The Bertz CT molecular complexity index is 752. The first kappa shape index (κ1) is 18.7. The molecule has 1 heterocycles. The summed E-state index contributed by atoms with van der Waals surface area (Å²) >= 11 is 0. The molecular formula is C18H25N5O2. The molecule has 2 N–H and O–H groups in total. The number of carbonyl (C=O) groups is 2. The van der Waals surface area contributed by atoms with E-state index in [-0.39, 0.29) is 18.4 Å². The number of nitrogens with zero attached hydrogens (tertiary/aromatic N) is 3. The summed E-state index contributed by atoms with van der Waals surface area (Å²) in [5.74, 6) is -0.228. The van der Waals surface area contributed by atoms with E-state index in [1.165, 1.54) is 0 Å². The zero-order valence-electron chi connectivity index (χ0n) is 15.2. The summed E-state index contributed by atoms with van der Waals surface area (Å²) in [4.78, 5) is 26.1. The number of aryl methyl sites for hydroxylation is 3. The third-order valence-electron chi connectivity index (χ3n) is 3.71. The van der Waals surface area contributed by atoms with E-state index in [1.807, 2.05) is 46.3 Å². The summed E-state index contributed by atoms with van der Waals surface area (Å²) in [7, 11) is 5.51. The summed E-state index contributed by atoms with van der Waals surface area (Å²) in [6.07, 6.45) is 2.67. The van der Waals surface area contributed by atoms with Crippen molar-refractivity contribution in [3.8, 4) is 0 Å². The molecule has 0 saturated carbocycles. The van der Waals surface area contributed by atoms with Crippen LogP contribution in [0.1, 0.15) is 17.7 Å². The molecule has 0 saturated heterocycles. The number of likely N-dealkylation sites (N-methyl/N-ethyl adjacent to an activating group) is 1. The van der Waals surface area contributed by atoms with Gasteiger partial charge in [0.1, 0.15) is 0 Å². The molecule has 7 nitrogen and oxygen atoms in total. The lowest BCUT2D eigenvalue weighted by atomic mass is 10.1. The monoisotopic (exact) mass is 343 g/mol. The normalized spacial score (nSPS) is 10.8. The molecule has 7 heteroatoms. The first-order valence-electron chi connectivity index (χ1n) is 8.17. The molecule has 0 radical (unpaired) electrons. The Balaban J connectivity index is 2.02. The molecule has 0 spiro atoms. The van der Waals surface area contributed by atoms with Crippen LogP contribution in [0.15, 0.2) is 30.5 Å². The molecular weight excluding hydrogens is 318 g/mol. The van der Waals surface area contributed by atoms with Gasteiger partial charge in [-0.1, -0.05) is 6.07 Å². The molecule has 0 fully saturated rings. The summed E-state index contributed by atoms with van der Waals surface area (Å²) in [6, 6.07) is 7.45. The van der Waals surface area contributed by atoms with Crippen molar-refractivity contribution in [1.29, 1.82) is 0 Å². The van der Waals surface area contributed by atoms with Gasteiger partial charge in [0.05, 0.1) is 17.9 Å². The number of anilines is 2. The Morgan fingerprint density at radius 3 is 2.48 bits per heavy atom. The van der Waals surface area contributed by atoms with E-state index >= 15 is 0 Å². The Hall–Kier alpha value is -2.67. The van der Waals surface area contributed by atoms with Gasteiger partial charge in [0.15, 0.2) is 0 Å². The van der Waals surface area contributed by atoms with E-state index in [0.29, 0.717) is 24.2 Å². The fourth-order valence-electron chi connectivity index (χ4n) is 2.45.